The Labute approximate surface area is 184 Å². The van der Waals surface area contributed by atoms with Crippen LogP contribution in [0.4, 0.5) is 0 Å². The second-order valence-corrected chi connectivity index (χ2v) is 8.11. The van der Waals surface area contributed by atoms with E-state index in [9.17, 15) is 10.1 Å². The molecule has 1 saturated heterocycles. The molecule has 0 aromatic heterocycles. The summed E-state index contributed by atoms with van der Waals surface area (Å²) in [5.41, 5.74) is 2.53. The van der Waals surface area contributed by atoms with Crippen LogP contribution in [0.2, 0.25) is 5.02 Å². The summed E-state index contributed by atoms with van der Waals surface area (Å²) < 4.78 is 0. The van der Waals surface area contributed by atoms with Gasteiger partial charge in [0, 0.05) is 30.1 Å². The number of hydrogen-bond acceptors (Lipinski definition) is 3. The van der Waals surface area contributed by atoms with Crippen LogP contribution in [0.15, 0.2) is 48.5 Å². The molecule has 2 aromatic carbocycles. The van der Waals surface area contributed by atoms with Crippen LogP contribution in [0.25, 0.3) is 0 Å². The number of benzene rings is 2. The zero-order chi connectivity index (χ0) is 20.1. The first-order valence-corrected chi connectivity index (χ1v) is 10.1. The fourth-order valence-electron chi connectivity index (χ4n) is 3.75. The molecule has 0 bridgehead atoms. The van der Waals surface area contributed by atoms with Gasteiger partial charge in [0.2, 0.25) is 5.91 Å². The molecule has 1 unspecified atom stereocenters. The van der Waals surface area contributed by atoms with Gasteiger partial charge in [-0.05, 0) is 55.2 Å². The molecule has 2 N–H and O–H groups in total. The van der Waals surface area contributed by atoms with E-state index in [1.165, 1.54) is 0 Å². The number of nitrogens with one attached hydrogen (secondary N) is 2. The fourth-order valence-corrected chi connectivity index (χ4v) is 3.88. The van der Waals surface area contributed by atoms with Crippen molar-refractivity contribution in [2.24, 2.45) is 5.41 Å². The third-order valence-corrected chi connectivity index (χ3v) is 6.11. The third kappa shape index (κ3) is 5.30. The van der Waals surface area contributed by atoms with Crippen LogP contribution in [0.5, 0.6) is 0 Å². The highest BCUT2D eigenvalue weighted by atomic mass is 35.5. The minimum absolute atomic E-state index is 0. The van der Waals surface area contributed by atoms with E-state index in [1.54, 1.807) is 6.07 Å². The molecule has 0 spiro atoms. The molecule has 2 atom stereocenters. The van der Waals surface area contributed by atoms with Gasteiger partial charge in [0.15, 0.2) is 0 Å². The highest BCUT2D eigenvalue weighted by molar-refractivity contribution is 6.30. The van der Waals surface area contributed by atoms with E-state index < -0.39 is 0 Å². The summed E-state index contributed by atoms with van der Waals surface area (Å²) in [5.74, 6) is 0.166. The van der Waals surface area contributed by atoms with Crippen LogP contribution in [-0.4, -0.2) is 25.0 Å². The lowest BCUT2D eigenvalue weighted by Gasteiger charge is -2.41. The van der Waals surface area contributed by atoms with Crippen LogP contribution in [0, 0.1) is 16.7 Å². The molecule has 154 valence electrons. The van der Waals surface area contributed by atoms with Crippen molar-refractivity contribution in [2.75, 3.05) is 13.1 Å². The normalized spacial score (nSPS) is 16.5. The van der Waals surface area contributed by atoms with Crippen molar-refractivity contribution in [2.45, 2.75) is 38.6 Å². The molecule has 1 amide bonds. The highest BCUT2D eigenvalue weighted by Crippen LogP contribution is 2.30. The smallest absolute Gasteiger partial charge is 0.229 e. The molecule has 0 radical (unpaired) electrons. The van der Waals surface area contributed by atoms with Gasteiger partial charge in [0.25, 0.3) is 0 Å². The molecule has 1 aliphatic rings. The van der Waals surface area contributed by atoms with Crippen LogP contribution in [0.1, 0.15) is 42.9 Å². The number of nitrogens with zero attached hydrogens (tertiary/aromatic N) is 1. The maximum Gasteiger partial charge on any atom is 0.229 e. The van der Waals surface area contributed by atoms with Gasteiger partial charge in [0.05, 0.1) is 17.0 Å². The summed E-state index contributed by atoms with van der Waals surface area (Å²) in [5, 5.41) is 16.5. The molecule has 1 fully saturated rings. The maximum absolute atomic E-state index is 12.9. The van der Waals surface area contributed by atoms with Crippen LogP contribution in [0.3, 0.4) is 0 Å². The number of nitriles is 1. The molecule has 0 saturated carbocycles. The first kappa shape index (κ1) is 23.2. The minimum atomic E-state index is -0.298. The summed E-state index contributed by atoms with van der Waals surface area (Å²) in [4.78, 5) is 12.9. The molecule has 6 heteroatoms. The van der Waals surface area contributed by atoms with Gasteiger partial charge in [-0.3, -0.25) is 4.79 Å². The predicted molar refractivity (Wildman–Crippen MR) is 120 cm³/mol. The van der Waals surface area contributed by atoms with Gasteiger partial charge in [0.1, 0.15) is 0 Å². The van der Waals surface area contributed by atoms with E-state index in [4.69, 9.17) is 11.6 Å². The average Bonchev–Trinajstić information content (AvgIpc) is 2.67. The number of halogens is 2. The van der Waals surface area contributed by atoms with Gasteiger partial charge >= 0.3 is 0 Å². The molecule has 1 heterocycles. The molecule has 29 heavy (non-hydrogen) atoms. The van der Waals surface area contributed by atoms with E-state index in [-0.39, 0.29) is 35.7 Å². The van der Waals surface area contributed by atoms with Gasteiger partial charge in [-0.15, -0.1) is 12.4 Å². The van der Waals surface area contributed by atoms with E-state index in [1.807, 2.05) is 49.4 Å². The van der Waals surface area contributed by atoms with Crippen molar-refractivity contribution in [1.29, 1.82) is 5.26 Å². The lowest BCUT2D eigenvalue weighted by molar-refractivity contribution is -0.135. The molecule has 1 aliphatic heterocycles. The predicted octanol–water partition coefficient (Wildman–Crippen LogP) is 4.46. The Kier molecular flexibility index (Phi) is 8.10. The second kappa shape index (κ2) is 10.1. The van der Waals surface area contributed by atoms with E-state index in [0.717, 1.165) is 37.1 Å². The summed E-state index contributed by atoms with van der Waals surface area (Å²) >= 11 is 6.03. The largest absolute Gasteiger partial charge is 0.352 e. The van der Waals surface area contributed by atoms with E-state index in [2.05, 4.69) is 23.6 Å². The maximum atomic E-state index is 12.9. The summed E-state index contributed by atoms with van der Waals surface area (Å²) in [6, 6.07) is 17.6. The summed E-state index contributed by atoms with van der Waals surface area (Å²) in [7, 11) is 0. The van der Waals surface area contributed by atoms with Crippen LogP contribution < -0.4 is 10.6 Å². The lowest BCUT2D eigenvalue weighted by atomic mass is 9.77. The Balaban J connectivity index is 0.00000300. The van der Waals surface area contributed by atoms with Gasteiger partial charge < -0.3 is 10.6 Å². The first-order chi connectivity index (χ1) is 13.5. The summed E-state index contributed by atoms with van der Waals surface area (Å²) in [6.07, 6.45) is 1.58. The van der Waals surface area contributed by atoms with Gasteiger partial charge in [-0.2, -0.15) is 5.26 Å². The Morgan fingerprint density at radius 1 is 1.28 bits per heavy atom. The molecule has 4 nitrogen and oxygen atoms in total. The van der Waals surface area contributed by atoms with Gasteiger partial charge in [-0.25, -0.2) is 0 Å². The second-order valence-electron chi connectivity index (χ2n) is 7.67. The Morgan fingerprint density at radius 2 is 1.97 bits per heavy atom. The standard InChI is InChI=1S/C23H26ClN3O.ClH/c1-3-23(14-26-15-23)22(28)27-16(2)21(12-17-7-9-20(24)10-8-17)19-6-4-5-18(11-19)13-25;/h4-11,16,21,26H,3,12,14-15H2,1-2H3,(H,27,28);1H/t16?,21-;/m1./s1. The van der Waals surface area contributed by atoms with Crippen molar-refractivity contribution >= 4 is 29.9 Å². The highest BCUT2D eigenvalue weighted by Gasteiger charge is 2.43. The molecule has 2 aromatic rings. The van der Waals surface area contributed by atoms with Crippen molar-refractivity contribution in [3.05, 3.63) is 70.2 Å². The Hall–Kier alpha value is -2.06. The quantitative estimate of drug-likeness (QED) is 0.679. The van der Waals surface area contributed by atoms with Crippen LogP contribution >= 0.6 is 24.0 Å². The Morgan fingerprint density at radius 3 is 2.52 bits per heavy atom. The van der Waals surface area contributed by atoms with Gasteiger partial charge in [-0.1, -0.05) is 42.8 Å². The van der Waals surface area contributed by atoms with E-state index >= 15 is 0 Å². The number of amides is 1. The minimum Gasteiger partial charge on any atom is -0.352 e. The Bertz CT molecular complexity index is 867. The van der Waals surface area contributed by atoms with Crippen molar-refractivity contribution in [3.8, 4) is 6.07 Å². The zero-order valence-corrected chi connectivity index (χ0v) is 18.3. The topological polar surface area (TPSA) is 64.9 Å². The van der Waals surface area contributed by atoms with E-state index in [0.29, 0.717) is 10.6 Å². The third-order valence-electron chi connectivity index (χ3n) is 5.86. The molecular weight excluding hydrogens is 405 g/mol. The molecule has 0 aliphatic carbocycles. The van der Waals surface area contributed by atoms with Crippen molar-refractivity contribution in [1.82, 2.24) is 10.6 Å². The lowest BCUT2D eigenvalue weighted by Crippen LogP contribution is -2.62. The number of hydrogen-bond donors (Lipinski definition) is 2. The monoisotopic (exact) mass is 431 g/mol. The number of rotatable bonds is 7. The fraction of sp³-hybridized carbons (Fsp3) is 0.391. The number of carbonyl (C=O) groups is 1. The first-order valence-electron chi connectivity index (χ1n) is 9.73. The van der Waals surface area contributed by atoms with Crippen molar-refractivity contribution < 1.29 is 4.79 Å². The van der Waals surface area contributed by atoms with Crippen LogP contribution in [-0.2, 0) is 11.2 Å². The zero-order valence-electron chi connectivity index (χ0n) is 16.7. The van der Waals surface area contributed by atoms with Crippen molar-refractivity contribution in [3.63, 3.8) is 0 Å². The average molecular weight is 432 g/mol. The molecule has 3 rings (SSSR count). The number of carbonyl (C=O) groups excluding carboxylic acids is 1. The molecular formula is C23H27Cl2N3O. The summed E-state index contributed by atoms with van der Waals surface area (Å²) in [6.45, 7) is 5.57. The SMILES string of the molecule is CCC1(C(=O)NC(C)[C@@H](Cc2ccc(Cl)cc2)c2cccc(C#N)c2)CNC1.Cl.